The summed E-state index contributed by atoms with van der Waals surface area (Å²) >= 11 is 0. The predicted octanol–water partition coefficient (Wildman–Crippen LogP) is 5.63. The van der Waals surface area contributed by atoms with Crippen molar-refractivity contribution in [2.45, 2.75) is 18.1 Å². The molecule has 0 N–H and O–H groups in total. The van der Waals surface area contributed by atoms with Crippen molar-refractivity contribution in [3.8, 4) is 0 Å². The molecule has 6 rings (SSSR count). The number of carbonyl (C=O) groups excluding carboxylic acids is 2. The van der Waals surface area contributed by atoms with Crippen molar-refractivity contribution in [2.24, 2.45) is 5.41 Å². The summed E-state index contributed by atoms with van der Waals surface area (Å²) in [6, 6.07) is 34.0. The van der Waals surface area contributed by atoms with Gasteiger partial charge < -0.3 is 9.64 Å². The molecular formula is C32H27NO3. The van der Waals surface area contributed by atoms with E-state index in [-0.39, 0.29) is 13.2 Å². The lowest BCUT2D eigenvalue weighted by Crippen LogP contribution is -2.50. The highest BCUT2D eigenvalue weighted by molar-refractivity contribution is 6.41. The highest BCUT2D eigenvalue weighted by Gasteiger charge is 2.70. The second-order valence-corrected chi connectivity index (χ2v) is 9.79. The van der Waals surface area contributed by atoms with Crippen LogP contribution in [0, 0.1) is 5.41 Å². The SMILES string of the molecule is C=C[C@@]1(c2ccccc2)CO[C@H](c2ccc3ccccc3c2)[C@]12CN(Cc1ccccc1)C(=O)C2=O. The van der Waals surface area contributed by atoms with Gasteiger partial charge in [-0.25, -0.2) is 0 Å². The number of ketones is 1. The zero-order valence-electron chi connectivity index (χ0n) is 20.0. The van der Waals surface area contributed by atoms with Gasteiger partial charge in [0.05, 0.1) is 18.1 Å². The van der Waals surface area contributed by atoms with E-state index in [1.165, 1.54) is 0 Å². The second-order valence-electron chi connectivity index (χ2n) is 9.79. The molecule has 4 aromatic rings. The van der Waals surface area contributed by atoms with E-state index < -0.39 is 28.6 Å². The molecule has 1 spiro atoms. The molecule has 0 radical (unpaired) electrons. The Labute approximate surface area is 210 Å². The zero-order chi connectivity index (χ0) is 24.8. The van der Waals surface area contributed by atoms with Crippen LogP contribution in [0.15, 0.2) is 116 Å². The van der Waals surface area contributed by atoms with Crippen LogP contribution in [-0.2, 0) is 26.3 Å². The van der Waals surface area contributed by atoms with Crippen LogP contribution in [0.5, 0.6) is 0 Å². The number of benzene rings is 4. The number of likely N-dealkylation sites (tertiary alicyclic amines) is 1. The molecule has 36 heavy (non-hydrogen) atoms. The zero-order valence-corrected chi connectivity index (χ0v) is 20.0. The van der Waals surface area contributed by atoms with Crippen molar-refractivity contribution in [1.82, 2.24) is 4.90 Å². The van der Waals surface area contributed by atoms with Gasteiger partial charge in [-0.05, 0) is 33.5 Å². The standard InChI is InChI=1S/C32H27NO3/c1-2-31(27-15-7-4-8-16-27)22-36-29(26-18-17-24-13-9-10-14-25(24)19-26)32(31)21-33(30(35)28(32)34)20-23-11-5-3-6-12-23/h2-19,29H,1,20-22H2/t29-,31+,32-/m1/s1. The lowest BCUT2D eigenvalue weighted by Gasteiger charge is -2.41. The van der Waals surface area contributed by atoms with Gasteiger partial charge in [0.25, 0.3) is 5.91 Å². The average Bonchev–Trinajstić information content (AvgIpc) is 3.40. The number of nitrogens with zero attached hydrogens (tertiary/aromatic N) is 1. The Morgan fingerprint density at radius 1 is 0.861 bits per heavy atom. The molecule has 2 aliphatic rings. The first kappa shape index (κ1) is 22.4. The van der Waals surface area contributed by atoms with Gasteiger partial charge in [0.2, 0.25) is 5.78 Å². The summed E-state index contributed by atoms with van der Waals surface area (Å²) in [6.07, 6.45) is 1.25. The fraction of sp³-hybridized carbons (Fsp3) is 0.188. The predicted molar refractivity (Wildman–Crippen MR) is 140 cm³/mol. The van der Waals surface area contributed by atoms with E-state index in [9.17, 15) is 9.59 Å². The minimum absolute atomic E-state index is 0.262. The molecule has 2 fully saturated rings. The minimum atomic E-state index is -1.13. The third kappa shape index (κ3) is 3.18. The maximum absolute atomic E-state index is 14.2. The number of fused-ring (bicyclic) bond motifs is 1. The van der Waals surface area contributed by atoms with Gasteiger partial charge in [0.1, 0.15) is 5.41 Å². The quantitative estimate of drug-likeness (QED) is 0.279. The maximum atomic E-state index is 14.2. The summed E-state index contributed by atoms with van der Waals surface area (Å²) in [5.74, 6) is -0.866. The molecule has 2 saturated heterocycles. The van der Waals surface area contributed by atoms with Crippen LogP contribution in [0.1, 0.15) is 22.8 Å². The summed E-state index contributed by atoms with van der Waals surface area (Å²) < 4.78 is 6.53. The lowest BCUT2D eigenvalue weighted by molar-refractivity contribution is -0.144. The second kappa shape index (κ2) is 8.58. The summed E-state index contributed by atoms with van der Waals surface area (Å²) in [4.78, 5) is 29.5. The third-order valence-electron chi connectivity index (χ3n) is 7.98. The van der Waals surface area contributed by atoms with Crippen molar-refractivity contribution >= 4 is 22.5 Å². The number of carbonyl (C=O) groups is 2. The van der Waals surface area contributed by atoms with Crippen molar-refractivity contribution in [1.29, 1.82) is 0 Å². The molecular weight excluding hydrogens is 446 g/mol. The first-order chi connectivity index (χ1) is 17.6. The Bertz CT molecular complexity index is 1460. The molecule has 0 aromatic heterocycles. The van der Waals surface area contributed by atoms with E-state index in [4.69, 9.17) is 4.74 Å². The molecule has 1 amide bonds. The first-order valence-corrected chi connectivity index (χ1v) is 12.3. The number of amides is 1. The topological polar surface area (TPSA) is 46.6 Å². The molecule has 0 saturated carbocycles. The Morgan fingerprint density at radius 2 is 1.53 bits per heavy atom. The van der Waals surface area contributed by atoms with E-state index in [2.05, 4.69) is 30.8 Å². The first-order valence-electron chi connectivity index (χ1n) is 12.3. The van der Waals surface area contributed by atoms with Crippen molar-refractivity contribution in [3.05, 3.63) is 132 Å². The van der Waals surface area contributed by atoms with Crippen molar-refractivity contribution in [3.63, 3.8) is 0 Å². The molecule has 3 atom stereocenters. The molecule has 0 bridgehead atoms. The number of rotatable bonds is 5. The number of Topliss-reactive ketones (excluding diaryl/α,β-unsaturated/α-hetero) is 1. The van der Waals surface area contributed by atoms with Crippen LogP contribution in [0.4, 0.5) is 0 Å². The number of ether oxygens (including phenoxy) is 1. The van der Waals surface area contributed by atoms with Crippen LogP contribution in [0.2, 0.25) is 0 Å². The third-order valence-corrected chi connectivity index (χ3v) is 7.98. The van der Waals surface area contributed by atoms with E-state index in [0.717, 1.165) is 27.5 Å². The molecule has 4 nitrogen and oxygen atoms in total. The van der Waals surface area contributed by atoms with Crippen molar-refractivity contribution in [2.75, 3.05) is 13.2 Å². The Morgan fingerprint density at radius 3 is 2.25 bits per heavy atom. The molecule has 2 aliphatic heterocycles. The van der Waals surface area contributed by atoms with Crippen LogP contribution >= 0.6 is 0 Å². The number of hydrogen-bond acceptors (Lipinski definition) is 3. The van der Waals surface area contributed by atoms with Gasteiger partial charge in [0.15, 0.2) is 0 Å². The Balaban J connectivity index is 1.52. The van der Waals surface area contributed by atoms with Crippen molar-refractivity contribution < 1.29 is 14.3 Å². The van der Waals surface area contributed by atoms with Crippen LogP contribution in [-0.4, -0.2) is 29.7 Å². The van der Waals surface area contributed by atoms with Crippen LogP contribution < -0.4 is 0 Å². The molecule has 2 heterocycles. The summed E-state index contributed by atoms with van der Waals surface area (Å²) in [5.41, 5.74) is 0.843. The monoisotopic (exact) mass is 473 g/mol. The normalized spacial score (nSPS) is 25.7. The van der Waals surface area contributed by atoms with E-state index in [1.54, 1.807) is 4.90 Å². The minimum Gasteiger partial charge on any atom is -0.371 e. The van der Waals surface area contributed by atoms with E-state index in [1.807, 2.05) is 84.9 Å². The lowest BCUT2D eigenvalue weighted by atomic mass is 9.57. The maximum Gasteiger partial charge on any atom is 0.291 e. The highest BCUT2D eigenvalue weighted by Crippen LogP contribution is 2.61. The molecule has 0 aliphatic carbocycles. The Kier molecular flexibility index (Phi) is 5.35. The summed E-state index contributed by atoms with van der Waals surface area (Å²) in [5, 5.41) is 2.19. The molecule has 178 valence electrons. The smallest absolute Gasteiger partial charge is 0.291 e. The van der Waals surface area contributed by atoms with Gasteiger partial charge in [-0.3, -0.25) is 9.59 Å². The van der Waals surface area contributed by atoms with E-state index in [0.29, 0.717) is 6.54 Å². The Hall–Kier alpha value is -4.02. The fourth-order valence-electron chi connectivity index (χ4n) is 6.16. The summed E-state index contributed by atoms with van der Waals surface area (Å²) in [7, 11) is 0. The highest BCUT2D eigenvalue weighted by atomic mass is 16.5. The van der Waals surface area contributed by atoms with Gasteiger partial charge in [-0.2, -0.15) is 0 Å². The van der Waals surface area contributed by atoms with Crippen LogP contribution in [0.3, 0.4) is 0 Å². The van der Waals surface area contributed by atoms with Gasteiger partial charge in [-0.1, -0.05) is 103 Å². The van der Waals surface area contributed by atoms with Gasteiger partial charge in [0, 0.05) is 13.1 Å². The number of hydrogen-bond donors (Lipinski definition) is 0. The summed E-state index contributed by atoms with van der Waals surface area (Å²) in [6.45, 7) is 5.11. The van der Waals surface area contributed by atoms with E-state index >= 15 is 0 Å². The van der Waals surface area contributed by atoms with Gasteiger partial charge in [-0.15, -0.1) is 6.58 Å². The fourth-order valence-corrected chi connectivity index (χ4v) is 6.16. The largest absolute Gasteiger partial charge is 0.371 e. The molecule has 4 aromatic carbocycles. The average molecular weight is 474 g/mol. The van der Waals surface area contributed by atoms with Gasteiger partial charge >= 0.3 is 0 Å². The van der Waals surface area contributed by atoms with Crippen LogP contribution in [0.25, 0.3) is 10.8 Å². The molecule has 0 unspecified atom stereocenters. The molecule has 4 heteroatoms.